The molecule has 4 aromatic rings. The Labute approximate surface area is 179 Å². The fourth-order valence-corrected chi connectivity index (χ4v) is 4.59. The van der Waals surface area contributed by atoms with Crippen molar-refractivity contribution in [2.45, 2.75) is 25.7 Å². The Morgan fingerprint density at radius 3 is 2.67 bits per heavy atom. The second-order valence-corrected chi connectivity index (χ2v) is 8.18. The number of aromatic nitrogens is 2. The van der Waals surface area contributed by atoms with Crippen molar-refractivity contribution >= 4 is 33.5 Å². The van der Waals surface area contributed by atoms with Crippen molar-refractivity contribution in [3.05, 3.63) is 71.1 Å². The molecule has 1 fully saturated rings. The summed E-state index contributed by atoms with van der Waals surface area (Å²) in [4.78, 5) is 9.85. The third-order valence-corrected chi connectivity index (χ3v) is 6.14. The SMILES string of the molecule is COc1ccc2cc(-c3csc(=Nc4cccnc4)n3N=C3CCCC3)ccc2c1. The third kappa shape index (κ3) is 3.78. The van der Waals surface area contributed by atoms with E-state index in [0.29, 0.717) is 0 Å². The molecule has 0 atom stereocenters. The number of rotatable bonds is 4. The molecule has 2 aromatic heterocycles. The van der Waals surface area contributed by atoms with Crippen LogP contribution < -0.4 is 9.54 Å². The molecule has 2 aromatic carbocycles. The first-order valence-corrected chi connectivity index (χ1v) is 11.0. The van der Waals surface area contributed by atoms with Gasteiger partial charge in [-0.1, -0.05) is 18.2 Å². The Hall–Kier alpha value is -3.25. The molecule has 6 heteroatoms. The van der Waals surface area contributed by atoms with Crippen molar-refractivity contribution < 1.29 is 4.74 Å². The first kappa shape index (κ1) is 18.8. The summed E-state index contributed by atoms with van der Waals surface area (Å²) in [5.74, 6) is 0.867. The van der Waals surface area contributed by atoms with Crippen molar-refractivity contribution in [2.75, 3.05) is 7.11 Å². The Kier molecular flexibility index (Phi) is 5.15. The highest BCUT2D eigenvalue weighted by Crippen LogP contribution is 2.28. The van der Waals surface area contributed by atoms with Crippen LogP contribution in [0.15, 0.2) is 76.4 Å². The monoisotopic (exact) mass is 414 g/mol. The van der Waals surface area contributed by atoms with E-state index in [9.17, 15) is 0 Å². The summed E-state index contributed by atoms with van der Waals surface area (Å²) in [5, 5.41) is 9.47. The van der Waals surface area contributed by atoms with Gasteiger partial charge in [0.25, 0.3) is 0 Å². The highest BCUT2D eigenvalue weighted by Gasteiger charge is 2.13. The van der Waals surface area contributed by atoms with E-state index >= 15 is 0 Å². The molecule has 0 N–H and O–H groups in total. The lowest BCUT2D eigenvalue weighted by atomic mass is 10.1. The number of pyridine rings is 1. The summed E-state index contributed by atoms with van der Waals surface area (Å²) >= 11 is 1.60. The molecule has 5 rings (SSSR count). The molecule has 5 nitrogen and oxygen atoms in total. The van der Waals surface area contributed by atoms with Gasteiger partial charge in [0, 0.05) is 22.9 Å². The summed E-state index contributed by atoms with van der Waals surface area (Å²) in [7, 11) is 1.69. The molecule has 0 aliphatic heterocycles. The molecule has 0 bridgehead atoms. The minimum atomic E-state index is 0.830. The fourth-order valence-electron chi connectivity index (χ4n) is 3.74. The van der Waals surface area contributed by atoms with E-state index in [1.165, 1.54) is 23.9 Å². The summed E-state index contributed by atoms with van der Waals surface area (Å²) in [6, 6.07) is 16.5. The van der Waals surface area contributed by atoms with Crippen LogP contribution in [0.2, 0.25) is 0 Å². The summed E-state index contributed by atoms with van der Waals surface area (Å²) in [6.07, 6.45) is 8.08. The first-order valence-electron chi connectivity index (χ1n) is 10.1. The number of benzene rings is 2. The van der Waals surface area contributed by atoms with Gasteiger partial charge in [0.05, 0.1) is 24.7 Å². The van der Waals surface area contributed by atoms with E-state index in [2.05, 4.69) is 40.7 Å². The molecule has 0 unspecified atom stereocenters. The predicted octanol–water partition coefficient (Wildman–Crippen LogP) is 5.78. The zero-order chi connectivity index (χ0) is 20.3. The Bertz CT molecular complexity index is 1280. The van der Waals surface area contributed by atoms with Gasteiger partial charge in [-0.05, 0) is 66.8 Å². The molecule has 0 radical (unpaired) electrons. The van der Waals surface area contributed by atoms with Crippen LogP contribution in [-0.4, -0.2) is 22.5 Å². The average molecular weight is 415 g/mol. The molecule has 0 amide bonds. The molecular formula is C24H22N4OS. The van der Waals surface area contributed by atoms with Gasteiger partial charge in [-0.25, -0.2) is 9.67 Å². The largest absolute Gasteiger partial charge is 0.497 e. The average Bonchev–Trinajstić information content (AvgIpc) is 3.44. The smallest absolute Gasteiger partial charge is 0.211 e. The Morgan fingerprint density at radius 2 is 1.87 bits per heavy atom. The number of thiazole rings is 1. The van der Waals surface area contributed by atoms with Crippen molar-refractivity contribution in [3.63, 3.8) is 0 Å². The van der Waals surface area contributed by atoms with Crippen LogP contribution in [0.4, 0.5) is 5.69 Å². The van der Waals surface area contributed by atoms with Crippen LogP contribution in [0.1, 0.15) is 25.7 Å². The van der Waals surface area contributed by atoms with Gasteiger partial charge >= 0.3 is 0 Å². The molecule has 1 aliphatic carbocycles. The molecule has 0 spiro atoms. The van der Waals surface area contributed by atoms with Gasteiger partial charge in [-0.3, -0.25) is 4.98 Å². The molecule has 0 saturated heterocycles. The van der Waals surface area contributed by atoms with Gasteiger partial charge in [0.1, 0.15) is 5.75 Å². The van der Waals surface area contributed by atoms with Crippen LogP contribution >= 0.6 is 11.3 Å². The molecule has 150 valence electrons. The zero-order valence-corrected chi connectivity index (χ0v) is 17.6. The fraction of sp³-hybridized carbons (Fsp3) is 0.208. The quantitative estimate of drug-likeness (QED) is 0.425. The van der Waals surface area contributed by atoms with Crippen LogP contribution in [0.5, 0.6) is 5.75 Å². The molecular weight excluding hydrogens is 392 g/mol. The summed E-state index contributed by atoms with van der Waals surface area (Å²) < 4.78 is 7.36. The molecule has 1 saturated carbocycles. The van der Waals surface area contributed by atoms with E-state index in [1.807, 2.05) is 22.9 Å². The topological polar surface area (TPSA) is 51.8 Å². The summed E-state index contributed by atoms with van der Waals surface area (Å²) in [5.41, 5.74) is 4.25. The van der Waals surface area contributed by atoms with Crippen molar-refractivity contribution in [1.82, 2.24) is 9.66 Å². The van der Waals surface area contributed by atoms with E-state index < -0.39 is 0 Å². The van der Waals surface area contributed by atoms with Crippen LogP contribution in [-0.2, 0) is 0 Å². The summed E-state index contributed by atoms with van der Waals surface area (Å²) in [6.45, 7) is 0. The minimum absolute atomic E-state index is 0.830. The van der Waals surface area contributed by atoms with Gasteiger partial charge in [-0.15, -0.1) is 11.3 Å². The number of methoxy groups -OCH3 is 1. The maximum atomic E-state index is 5.35. The standard InChI is InChI=1S/C24H22N4OS/c1-29-22-11-10-17-13-19(9-8-18(17)14-22)23-16-30-24(26-21-7-4-12-25-15-21)28(23)27-20-5-2-3-6-20/h4,7-16H,2-3,5-6H2,1H3. The van der Waals surface area contributed by atoms with E-state index in [4.69, 9.17) is 14.8 Å². The maximum Gasteiger partial charge on any atom is 0.211 e. The number of hydrogen-bond acceptors (Lipinski definition) is 5. The van der Waals surface area contributed by atoms with E-state index in [1.54, 1.807) is 30.8 Å². The van der Waals surface area contributed by atoms with Crippen molar-refractivity contribution in [3.8, 4) is 17.0 Å². The van der Waals surface area contributed by atoms with Gasteiger partial charge in [-0.2, -0.15) is 5.10 Å². The van der Waals surface area contributed by atoms with E-state index in [0.717, 1.165) is 45.7 Å². The lowest BCUT2D eigenvalue weighted by Gasteiger charge is -2.08. The van der Waals surface area contributed by atoms with Crippen LogP contribution in [0.3, 0.4) is 0 Å². The highest BCUT2D eigenvalue weighted by atomic mass is 32.1. The predicted molar refractivity (Wildman–Crippen MR) is 123 cm³/mol. The third-order valence-electron chi connectivity index (χ3n) is 5.32. The zero-order valence-electron chi connectivity index (χ0n) is 16.8. The van der Waals surface area contributed by atoms with Crippen molar-refractivity contribution in [2.24, 2.45) is 10.1 Å². The number of hydrogen-bond donors (Lipinski definition) is 0. The number of nitrogens with zero attached hydrogens (tertiary/aromatic N) is 4. The Morgan fingerprint density at radius 1 is 1.03 bits per heavy atom. The van der Waals surface area contributed by atoms with E-state index in [-0.39, 0.29) is 0 Å². The Balaban J connectivity index is 1.65. The second kappa shape index (κ2) is 8.24. The van der Waals surface area contributed by atoms with Gasteiger partial charge < -0.3 is 4.74 Å². The maximum absolute atomic E-state index is 5.35. The number of ether oxygens (including phenoxy) is 1. The minimum Gasteiger partial charge on any atom is -0.497 e. The molecule has 30 heavy (non-hydrogen) atoms. The highest BCUT2D eigenvalue weighted by molar-refractivity contribution is 7.07. The normalized spacial score (nSPS) is 14.4. The van der Waals surface area contributed by atoms with Gasteiger partial charge in [0.2, 0.25) is 4.80 Å². The van der Waals surface area contributed by atoms with Crippen LogP contribution in [0.25, 0.3) is 22.0 Å². The van der Waals surface area contributed by atoms with Gasteiger partial charge in [0.15, 0.2) is 0 Å². The lowest BCUT2D eigenvalue weighted by Crippen LogP contribution is -2.13. The molecule has 2 heterocycles. The second-order valence-electron chi connectivity index (χ2n) is 7.34. The molecule has 1 aliphatic rings. The number of fused-ring (bicyclic) bond motifs is 1. The lowest BCUT2D eigenvalue weighted by molar-refractivity contribution is 0.415. The first-order chi connectivity index (χ1) is 14.8. The van der Waals surface area contributed by atoms with Crippen LogP contribution in [0, 0.1) is 0 Å². The van der Waals surface area contributed by atoms with Crippen molar-refractivity contribution in [1.29, 1.82) is 0 Å².